The number of nitrogens with zero attached hydrogens (tertiary/aromatic N) is 4. The molecule has 104 valence electrons. The number of hydrogen-bond acceptors (Lipinski definition) is 5. The summed E-state index contributed by atoms with van der Waals surface area (Å²) in [6.07, 6.45) is 0. The van der Waals surface area contributed by atoms with Crippen molar-refractivity contribution < 1.29 is 4.79 Å². The normalized spacial score (nSPS) is 16.6. The van der Waals surface area contributed by atoms with Crippen LogP contribution < -0.4 is 4.90 Å². The van der Waals surface area contributed by atoms with Gasteiger partial charge in [0.1, 0.15) is 10.0 Å². The molecule has 1 aromatic heterocycles. The van der Waals surface area contributed by atoms with E-state index in [1.165, 1.54) is 0 Å². The first-order valence-electron chi connectivity index (χ1n) is 6.59. The Morgan fingerprint density at radius 2 is 2.00 bits per heavy atom. The van der Waals surface area contributed by atoms with Gasteiger partial charge in [0, 0.05) is 18.8 Å². The summed E-state index contributed by atoms with van der Waals surface area (Å²) in [7, 11) is 0. The van der Waals surface area contributed by atoms with Crippen molar-refractivity contribution in [2.45, 2.75) is 13.5 Å². The molecule has 6 heteroatoms. The van der Waals surface area contributed by atoms with Crippen LogP contribution in [0.2, 0.25) is 0 Å². The summed E-state index contributed by atoms with van der Waals surface area (Å²) in [5.74, 6) is 0.142. The molecule has 1 aliphatic rings. The van der Waals surface area contributed by atoms with Crippen LogP contribution in [0.5, 0.6) is 0 Å². The maximum Gasteiger partial charge on any atom is 0.241 e. The zero-order chi connectivity index (χ0) is 13.9. The molecular formula is C14H16N4OS. The first-order chi connectivity index (χ1) is 9.72. The van der Waals surface area contributed by atoms with Crippen LogP contribution in [0.15, 0.2) is 30.3 Å². The highest BCUT2D eigenvalue weighted by Crippen LogP contribution is 2.18. The van der Waals surface area contributed by atoms with Crippen molar-refractivity contribution >= 4 is 22.9 Å². The van der Waals surface area contributed by atoms with Gasteiger partial charge in [-0.3, -0.25) is 9.69 Å². The van der Waals surface area contributed by atoms with Gasteiger partial charge in [0.25, 0.3) is 0 Å². The molecule has 1 amide bonds. The van der Waals surface area contributed by atoms with Crippen molar-refractivity contribution in [2.24, 2.45) is 0 Å². The standard InChI is InChI=1S/C14H16N4OS/c1-11-15-16-13(20-11)9-17-7-8-18(14(19)10-17)12-5-3-2-4-6-12/h2-6H,7-10H2,1H3. The molecule has 0 N–H and O–H groups in total. The van der Waals surface area contributed by atoms with Crippen LogP contribution in [0.1, 0.15) is 10.0 Å². The lowest BCUT2D eigenvalue weighted by Gasteiger charge is -2.33. The summed E-state index contributed by atoms with van der Waals surface area (Å²) in [5, 5.41) is 10.1. The fourth-order valence-electron chi connectivity index (χ4n) is 2.33. The van der Waals surface area contributed by atoms with Gasteiger partial charge in [0.05, 0.1) is 13.1 Å². The maximum absolute atomic E-state index is 12.3. The molecule has 1 saturated heterocycles. The van der Waals surface area contributed by atoms with Gasteiger partial charge in [-0.05, 0) is 19.1 Å². The fraction of sp³-hybridized carbons (Fsp3) is 0.357. The van der Waals surface area contributed by atoms with E-state index < -0.39 is 0 Å². The van der Waals surface area contributed by atoms with Crippen molar-refractivity contribution in [3.63, 3.8) is 0 Å². The van der Waals surface area contributed by atoms with Crippen LogP contribution in [0.4, 0.5) is 5.69 Å². The molecule has 5 nitrogen and oxygen atoms in total. The summed E-state index contributed by atoms with van der Waals surface area (Å²) in [6, 6.07) is 9.82. The van der Waals surface area contributed by atoms with Gasteiger partial charge in [0.15, 0.2) is 0 Å². The van der Waals surface area contributed by atoms with Gasteiger partial charge >= 0.3 is 0 Å². The molecule has 3 rings (SSSR count). The third kappa shape index (κ3) is 2.86. The number of carbonyl (C=O) groups excluding carboxylic acids is 1. The molecular weight excluding hydrogens is 272 g/mol. The molecule has 0 bridgehead atoms. The lowest BCUT2D eigenvalue weighted by Crippen LogP contribution is -2.50. The van der Waals surface area contributed by atoms with Crippen molar-refractivity contribution in [2.75, 3.05) is 24.5 Å². The minimum Gasteiger partial charge on any atom is -0.310 e. The van der Waals surface area contributed by atoms with Crippen LogP contribution in [0, 0.1) is 6.92 Å². The van der Waals surface area contributed by atoms with Crippen molar-refractivity contribution in [3.05, 3.63) is 40.3 Å². The Labute approximate surface area is 121 Å². The van der Waals surface area contributed by atoms with E-state index in [-0.39, 0.29) is 5.91 Å². The first-order valence-corrected chi connectivity index (χ1v) is 7.41. The topological polar surface area (TPSA) is 49.3 Å². The van der Waals surface area contributed by atoms with E-state index in [4.69, 9.17) is 0 Å². The molecule has 20 heavy (non-hydrogen) atoms. The summed E-state index contributed by atoms with van der Waals surface area (Å²) < 4.78 is 0. The zero-order valence-corrected chi connectivity index (χ0v) is 12.1. The Kier molecular flexibility index (Phi) is 3.75. The largest absolute Gasteiger partial charge is 0.310 e. The lowest BCUT2D eigenvalue weighted by atomic mass is 10.2. The average molecular weight is 288 g/mol. The van der Waals surface area contributed by atoms with Crippen molar-refractivity contribution in [3.8, 4) is 0 Å². The molecule has 0 saturated carbocycles. The number of hydrogen-bond donors (Lipinski definition) is 0. The lowest BCUT2D eigenvalue weighted by molar-refractivity contribution is -0.121. The molecule has 1 fully saturated rings. The number of aryl methyl sites for hydroxylation is 1. The van der Waals surface area contributed by atoms with Crippen molar-refractivity contribution in [1.29, 1.82) is 0 Å². The second kappa shape index (κ2) is 5.68. The number of rotatable bonds is 3. The zero-order valence-electron chi connectivity index (χ0n) is 11.3. The minimum atomic E-state index is 0.142. The van der Waals surface area contributed by atoms with E-state index in [1.807, 2.05) is 42.2 Å². The second-order valence-electron chi connectivity index (χ2n) is 4.81. The number of benzene rings is 1. The highest BCUT2D eigenvalue weighted by molar-refractivity contribution is 7.11. The minimum absolute atomic E-state index is 0.142. The van der Waals surface area contributed by atoms with E-state index in [0.29, 0.717) is 13.1 Å². The number of carbonyl (C=O) groups is 1. The average Bonchev–Trinajstić information content (AvgIpc) is 2.85. The Balaban J connectivity index is 1.64. The molecule has 2 heterocycles. The van der Waals surface area contributed by atoms with Crippen LogP contribution in [0.25, 0.3) is 0 Å². The van der Waals surface area contributed by atoms with Gasteiger partial charge < -0.3 is 4.90 Å². The molecule has 1 aliphatic heterocycles. The Morgan fingerprint density at radius 3 is 2.65 bits per heavy atom. The number of anilines is 1. The molecule has 0 unspecified atom stereocenters. The van der Waals surface area contributed by atoms with Gasteiger partial charge in [-0.15, -0.1) is 21.5 Å². The predicted molar refractivity (Wildman–Crippen MR) is 78.7 cm³/mol. The van der Waals surface area contributed by atoms with Gasteiger partial charge in [-0.25, -0.2) is 0 Å². The summed E-state index contributed by atoms with van der Waals surface area (Å²) in [4.78, 5) is 16.2. The summed E-state index contributed by atoms with van der Waals surface area (Å²) >= 11 is 1.59. The van der Waals surface area contributed by atoms with E-state index in [9.17, 15) is 4.79 Å². The van der Waals surface area contributed by atoms with E-state index in [0.717, 1.165) is 28.8 Å². The molecule has 0 spiro atoms. The molecule has 0 radical (unpaired) electrons. The second-order valence-corrected chi connectivity index (χ2v) is 6.07. The van der Waals surface area contributed by atoms with E-state index >= 15 is 0 Å². The number of aromatic nitrogens is 2. The first kappa shape index (κ1) is 13.2. The SMILES string of the molecule is Cc1nnc(CN2CCN(c3ccccc3)C(=O)C2)s1. The predicted octanol–water partition coefficient (Wildman–Crippen LogP) is 1.70. The quantitative estimate of drug-likeness (QED) is 0.862. The summed E-state index contributed by atoms with van der Waals surface area (Å²) in [6.45, 7) is 4.67. The highest BCUT2D eigenvalue weighted by Gasteiger charge is 2.25. The van der Waals surface area contributed by atoms with Gasteiger partial charge in [0.2, 0.25) is 5.91 Å². The summed E-state index contributed by atoms with van der Waals surface area (Å²) in [5.41, 5.74) is 0.976. The van der Waals surface area contributed by atoms with Crippen LogP contribution in [-0.2, 0) is 11.3 Å². The smallest absolute Gasteiger partial charge is 0.241 e. The molecule has 2 aromatic rings. The Bertz CT molecular complexity index is 598. The number of para-hydroxylation sites is 1. The van der Waals surface area contributed by atoms with Crippen LogP contribution >= 0.6 is 11.3 Å². The third-order valence-corrected chi connectivity index (χ3v) is 4.12. The molecule has 0 atom stereocenters. The highest BCUT2D eigenvalue weighted by atomic mass is 32.1. The van der Waals surface area contributed by atoms with Crippen LogP contribution in [0.3, 0.4) is 0 Å². The van der Waals surface area contributed by atoms with Crippen LogP contribution in [-0.4, -0.2) is 40.6 Å². The monoisotopic (exact) mass is 288 g/mol. The third-order valence-electron chi connectivity index (χ3n) is 3.29. The molecule has 1 aromatic carbocycles. The Hall–Kier alpha value is -1.79. The van der Waals surface area contributed by atoms with E-state index in [2.05, 4.69) is 15.1 Å². The number of amides is 1. The Morgan fingerprint density at radius 1 is 1.20 bits per heavy atom. The fourth-order valence-corrected chi connectivity index (χ4v) is 3.08. The van der Waals surface area contributed by atoms with Gasteiger partial charge in [-0.1, -0.05) is 18.2 Å². The molecule has 0 aliphatic carbocycles. The number of piperazine rings is 1. The van der Waals surface area contributed by atoms with Gasteiger partial charge in [-0.2, -0.15) is 0 Å². The van der Waals surface area contributed by atoms with Crippen molar-refractivity contribution in [1.82, 2.24) is 15.1 Å². The van der Waals surface area contributed by atoms with E-state index in [1.54, 1.807) is 11.3 Å². The maximum atomic E-state index is 12.3.